The van der Waals surface area contributed by atoms with Crippen molar-refractivity contribution in [2.75, 3.05) is 19.1 Å². The number of fused-ring (bicyclic) bond motifs is 1. The molecule has 1 N–H and O–H groups in total. The van der Waals surface area contributed by atoms with Gasteiger partial charge in [0, 0.05) is 41.5 Å². The average Bonchev–Trinajstić information content (AvgIpc) is 2.91. The Morgan fingerprint density at radius 2 is 2.21 bits per heavy atom. The van der Waals surface area contributed by atoms with Crippen molar-refractivity contribution in [3.63, 3.8) is 0 Å². The van der Waals surface area contributed by atoms with Crippen LogP contribution < -0.4 is 0 Å². The third-order valence-corrected chi connectivity index (χ3v) is 4.24. The molecule has 0 radical (unpaired) electrons. The van der Waals surface area contributed by atoms with Crippen LogP contribution in [0, 0.1) is 0 Å². The molecule has 0 bridgehead atoms. The fourth-order valence-corrected chi connectivity index (χ4v) is 3.17. The van der Waals surface area contributed by atoms with Crippen LogP contribution in [0.4, 0.5) is 0 Å². The van der Waals surface area contributed by atoms with Crippen molar-refractivity contribution in [2.45, 2.75) is 19.4 Å². The van der Waals surface area contributed by atoms with Gasteiger partial charge in [0.2, 0.25) is 0 Å². The molecule has 1 aromatic heterocycles. The summed E-state index contributed by atoms with van der Waals surface area (Å²) in [6.07, 6.45) is 4.93. The number of carbonyl (C=O) groups is 1. The van der Waals surface area contributed by atoms with Gasteiger partial charge in [0.1, 0.15) is 0 Å². The molecule has 19 heavy (non-hydrogen) atoms. The molecule has 1 amide bonds. The minimum absolute atomic E-state index is 0.103. The highest BCUT2D eigenvalue weighted by Crippen LogP contribution is 2.20. The van der Waals surface area contributed by atoms with Gasteiger partial charge in [-0.2, -0.15) is 11.8 Å². The smallest absolute Gasteiger partial charge is 0.254 e. The molecule has 1 unspecified atom stereocenters. The first kappa shape index (κ1) is 14.0. The number of hydrogen-bond donors (Lipinski definition) is 1. The van der Waals surface area contributed by atoms with E-state index in [9.17, 15) is 4.79 Å². The Balaban J connectivity index is 2.30. The number of benzene rings is 1. The highest BCUT2D eigenvalue weighted by molar-refractivity contribution is 7.98. The zero-order valence-corrected chi connectivity index (χ0v) is 12.5. The molecule has 2 rings (SSSR count). The first-order valence-electron chi connectivity index (χ1n) is 6.51. The van der Waals surface area contributed by atoms with Gasteiger partial charge in [0.25, 0.3) is 5.91 Å². The third-order valence-electron chi connectivity index (χ3n) is 3.52. The van der Waals surface area contributed by atoms with E-state index in [0.29, 0.717) is 0 Å². The van der Waals surface area contributed by atoms with Crippen LogP contribution in [0.15, 0.2) is 30.5 Å². The highest BCUT2D eigenvalue weighted by atomic mass is 32.2. The zero-order chi connectivity index (χ0) is 13.8. The van der Waals surface area contributed by atoms with E-state index in [1.807, 2.05) is 42.4 Å². The normalized spacial score (nSPS) is 12.6. The summed E-state index contributed by atoms with van der Waals surface area (Å²) in [5.41, 5.74) is 1.79. The Kier molecular flexibility index (Phi) is 4.53. The summed E-state index contributed by atoms with van der Waals surface area (Å²) in [6.45, 7) is 2.13. The lowest BCUT2D eigenvalue weighted by Gasteiger charge is -2.27. The van der Waals surface area contributed by atoms with Gasteiger partial charge in [-0.25, -0.2) is 0 Å². The topological polar surface area (TPSA) is 36.1 Å². The Hall–Kier alpha value is -1.42. The molecule has 0 spiro atoms. The number of aromatic nitrogens is 1. The van der Waals surface area contributed by atoms with E-state index in [2.05, 4.69) is 18.2 Å². The molecule has 0 saturated carbocycles. The van der Waals surface area contributed by atoms with Crippen molar-refractivity contribution >= 4 is 28.6 Å². The lowest BCUT2D eigenvalue weighted by molar-refractivity contribution is 0.0745. The monoisotopic (exact) mass is 276 g/mol. The van der Waals surface area contributed by atoms with Crippen LogP contribution in [0.5, 0.6) is 0 Å². The molecular weight excluding hydrogens is 256 g/mol. The second-order valence-electron chi connectivity index (χ2n) is 4.68. The third kappa shape index (κ3) is 2.78. The van der Waals surface area contributed by atoms with Crippen molar-refractivity contribution in [3.8, 4) is 0 Å². The minimum atomic E-state index is 0.103. The van der Waals surface area contributed by atoms with Gasteiger partial charge in [0.15, 0.2) is 0 Å². The first-order chi connectivity index (χ1) is 9.19. The van der Waals surface area contributed by atoms with Crippen LogP contribution in [0.2, 0.25) is 0 Å². The number of rotatable bonds is 5. The zero-order valence-electron chi connectivity index (χ0n) is 11.6. The summed E-state index contributed by atoms with van der Waals surface area (Å²) in [5.74, 6) is 1.08. The standard InChI is InChI=1S/C15H20N2OS/c1-4-11(10-19-3)17(2)15(18)13-6-5-7-14-12(13)8-9-16-14/h5-9,11,16H,4,10H2,1-3H3. The molecular formula is C15H20N2OS. The summed E-state index contributed by atoms with van der Waals surface area (Å²) in [7, 11) is 1.90. The molecule has 0 fully saturated rings. The summed E-state index contributed by atoms with van der Waals surface area (Å²) < 4.78 is 0. The van der Waals surface area contributed by atoms with Gasteiger partial charge in [-0.3, -0.25) is 4.79 Å². The van der Waals surface area contributed by atoms with Gasteiger partial charge in [0.05, 0.1) is 0 Å². The fourth-order valence-electron chi connectivity index (χ4n) is 2.32. The number of aromatic amines is 1. The number of hydrogen-bond acceptors (Lipinski definition) is 2. The fraction of sp³-hybridized carbons (Fsp3) is 0.400. The second-order valence-corrected chi connectivity index (χ2v) is 5.59. The van der Waals surface area contributed by atoms with Gasteiger partial charge in [-0.05, 0) is 30.9 Å². The Morgan fingerprint density at radius 3 is 2.89 bits per heavy atom. The molecule has 102 valence electrons. The van der Waals surface area contributed by atoms with Crippen molar-refractivity contribution in [2.24, 2.45) is 0 Å². The van der Waals surface area contributed by atoms with Crippen molar-refractivity contribution in [3.05, 3.63) is 36.0 Å². The van der Waals surface area contributed by atoms with Crippen LogP contribution in [0.25, 0.3) is 10.9 Å². The largest absolute Gasteiger partial charge is 0.361 e. The molecule has 1 aromatic carbocycles. The van der Waals surface area contributed by atoms with Crippen LogP contribution in [-0.2, 0) is 0 Å². The Bertz CT molecular complexity index is 564. The van der Waals surface area contributed by atoms with E-state index in [-0.39, 0.29) is 11.9 Å². The maximum atomic E-state index is 12.6. The molecule has 4 heteroatoms. The minimum Gasteiger partial charge on any atom is -0.361 e. The number of thioether (sulfide) groups is 1. The van der Waals surface area contributed by atoms with E-state index >= 15 is 0 Å². The number of H-pyrrole nitrogens is 1. The number of carbonyl (C=O) groups excluding carboxylic acids is 1. The predicted molar refractivity (Wildman–Crippen MR) is 82.9 cm³/mol. The summed E-state index contributed by atoms with van der Waals surface area (Å²) >= 11 is 1.78. The van der Waals surface area contributed by atoms with Crippen LogP contribution >= 0.6 is 11.8 Å². The number of amides is 1. The van der Waals surface area contributed by atoms with E-state index in [1.54, 1.807) is 11.8 Å². The van der Waals surface area contributed by atoms with Crippen LogP contribution in [-0.4, -0.2) is 40.9 Å². The lowest BCUT2D eigenvalue weighted by atomic mass is 10.1. The highest BCUT2D eigenvalue weighted by Gasteiger charge is 2.20. The van der Waals surface area contributed by atoms with Crippen molar-refractivity contribution < 1.29 is 4.79 Å². The van der Waals surface area contributed by atoms with Gasteiger partial charge < -0.3 is 9.88 Å². The Morgan fingerprint density at radius 1 is 1.42 bits per heavy atom. The predicted octanol–water partition coefficient (Wildman–Crippen LogP) is 3.38. The number of nitrogens with one attached hydrogen (secondary N) is 1. The molecule has 0 saturated heterocycles. The maximum Gasteiger partial charge on any atom is 0.254 e. The Labute approximate surface area is 118 Å². The van der Waals surface area contributed by atoms with Crippen LogP contribution in [0.3, 0.4) is 0 Å². The van der Waals surface area contributed by atoms with E-state index in [4.69, 9.17) is 0 Å². The molecule has 3 nitrogen and oxygen atoms in total. The van der Waals surface area contributed by atoms with Crippen molar-refractivity contribution in [1.82, 2.24) is 9.88 Å². The lowest BCUT2D eigenvalue weighted by Crippen LogP contribution is -2.38. The average molecular weight is 276 g/mol. The molecule has 0 aliphatic heterocycles. The summed E-state index contributed by atoms with van der Waals surface area (Å²) in [4.78, 5) is 17.7. The molecule has 1 heterocycles. The van der Waals surface area contributed by atoms with Crippen molar-refractivity contribution in [1.29, 1.82) is 0 Å². The molecule has 2 aromatic rings. The van der Waals surface area contributed by atoms with Gasteiger partial charge >= 0.3 is 0 Å². The second kappa shape index (κ2) is 6.15. The molecule has 1 atom stereocenters. The van der Waals surface area contributed by atoms with Crippen LogP contribution in [0.1, 0.15) is 23.7 Å². The SMILES string of the molecule is CCC(CSC)N(C)C(=O)c1cccc2[nH]ccc12. The van der Waals surface area contributed by atoms with Gasteiger partial charge in [-0.1, -0.05) is 13.0 Å². The summed E-state index contributed by atoms with van der Waals surface area (Å²) in [6, 6.07) is 8.07. The molecule has 0 aliphatic carbocycles. The first-order valence-corrected chi connectivity index (χ1v) is 7.90. The summed E-state index contributed by atoms with van der Waals surface area (Å²) in [5, 5.41) is 0.998. The van der Waals surface area contributed by atoms with E-state index in [1.165, 1.54) is 0 Å². The number of nitrogens with zero attached hydrogens (tertiary/aromatic N) is 1. The maximum absolute atomic E-state index is 12.6. The quantitative estimate of drug-likeness (QED) is 0.908. The van der Waals surface area contributed by atoms with E-state index in [0.717, 1.165) is 28.6 Å². The van der Waals surface area contributed by atoms with Gasteiger partial charge in [-0.15, -0.1) is 0 Å². The van der Waals surface area contributed by atoms with E-state index < -0.39 is 0 Å². The molecule has 0 aliphatic rings.